The molecule has 0 aliphatic rings. The zero-order valence-electron chi connectivity index (χ0n) is 11.9. The molecular weight excluding hydrogens is 260 g/mol. The molecule has 0 saturated heterocycles. The topological polar surface area (TPSA) is 43.6 Å². The van der Waals surface area contributed by atoms with Crippen molar-refractivity contribution in [3.8, 4) is 5.82 Å². The molecule has 2 heterocycles. The lowest BCUT2D eigenvalue weighted by molar-refractivity contribution is 0.757. The zero-order valence-corrected chi connectivity index (χ0v) is 12.6. The predicted molar refractivity (Wildman–Crippen MR) is 76.9 cm³/mol. The average molecular weight is 279 g/mol. The first-order valence-electron chi connectivity index (χ1n) is 6.58. The summed E-state index contributed by atoms with van der Waals surface area (Å²) in [5.41, 5.74) is 3.14. The summed E-state index contributed by atoms with van der Waals surface area (Å²) in [6.45, 7) is 8.16. The first-order valence-corrected chi connectivity index (χ1v) is 7.12. The molecule has 0 spiro atoms. The number of aryl methyl sites for hydroxylation is 4. The summed E-state index contributed by atoms with van der Waals surface area (Å²) in [5.74, 6) is 3.02. The summed E-state index contributed by atoms with van der Waals surface area (Å²) in [7, 11) is 0. The summed E-state index contributed by atoms with van der Waals surface area (Å²) >= 11 is 6.07. The van der Waals surface area contributed by atoms with Crippen LogP contribution in [0.2, 0.25) is 0 Å². The molecule has 0 fully saturated rings. The van der Waals surface area contributed by atoms with Crippen molar-refractivity contribution in [2.75, 3.05) is 0 Å². The van der Waals surface area contributed by atoms with Crippen LogP contribution in [0, 0.1) is 13.8 Å². The van der Waals surface area contributed by atoms with Gasteiger partial charge in [0.25, 0.3) is 0 Å². The maximum Gasteiger partial charge on any atom is 0.160 e. The highest BCUT2D eigenvalue weighted by atomic mass is 35.5. The van der Waals surface area contributed by atoms with Crippen LogP contribution in [0.3, 0.4) is 0 Å². The van der Waals surface area contributed by atoms with Crippen LogP contribution in [0.5, 0.6) is 0 Å². The Morgan fingerprint density at radius 1 is 1.16 bits per heavy atom. The molecule has 5 heteroatoms. The Bertz CT molecular complexity index is 589. The van der Waals surface area contributed by atoms with E-state index in [1.54, 1.807) is 0 Å². The van der Waals surface area contributed by atoms with Crippen molar-refractivity contribution in [2.24, 2.45) is 0 Å². The fourth-order valence-corrected chi connectivity index (χ4v) is 2.45. The van der Waals surface area contributed by atoms with Crippen LogP contribution in [-0.2, 0) is 18.7 Å². The molecule has 19 heavy (non-hydrogen) atoms. The summed E-state index contributed by atoms with van der Waals surface area (Å²) in [5, 5.41) is 4.55. The van der Waals surface area contributed by atoms with E-state index in [4.69, 9.17) is 11.6 Å². The Hall–Kier alpha value is -1.42. The molecule has 0 aromatic carbocycles. The predicted octanol–water partition coefficient (Wildman–Crippen LogP) is 3.14. The zero-order chi connectivity index (χ0) is 14.0. The molecule has 0 saturated carbocycles. The molecule has 0 atom stereocenters. The minimum absolute atomic E-state index is 0.429. The molecule has 0 aliphatic carbocycles. The Kier molecular flexibility index (Phi) is 4.20. The monoisotopic (exact) mass is 278 g/mol. The van der Waals surface area contributed by atoms with Crippen LogP contribution >= 0.6 is 11.6 Å². The Balaban J connectivity index is 2.66. The molecule has 4 nitrogen and oxygen atoms in total. The number of hydrogen-bond acceptors (Lipinski definition) is 3. The molecule has 2 rings (SSSR count). The second kappa shape index (κ2) is 5.70. The van der Waals surface area contributed by atoms with E-state index >= 15 is 0 Å². The highest BCUT2D eigenvalue weighted by Gasteiger charge is 2.15. The third-order valence-corrected chi connectivity index (χ3v) is 3.41. The standard InChI is InChI=1S/C14H19ClN4/c1-5-12-17-13(6-2)19(18-12)14-11(8-15)9(3)7-10(4)16-14/h7H,5-6,8H2,1-4H3. The SMILES string of the molecule is CCc1nc(CC)n(-c2nc(C)cc(C)c2CCl)n1. The van der Waals surface area contributed by atoms with Crippen LogP contribution in [0.1, 0.15) is 42.3 Å². The van der Waals surface area contributed by atoms with Crippen molar-refractivity contribution in [2.45, 2.75) is 46.4 Å². The summed E-state index contributed by atoms with van der Waals surface area (Å²) in [4.78, 5) is 9.13. The van der Waals surface area contributed by atoms with Gasteiger partial charge in [0.05, 0.1) is 5.88 Å². The lowest BCUT2D eigenvalue weighted by Gasteiger charge is -2.12. The number of halogens is 1. The van der Waals surface area contributed by atoms with Gasteiger partial charge in [0, 0.05) is 24.1 Å². The van der Waals surface area contributed by atoms with Crippen molar-refractivity contribution >= 4 is 11.6 Å². The minimum atomic E-state index is 0.429. The normalized spacial score (nSPS) is 11.0. The van der Waals surface area contributed by atoms with Crippen molar-refractivity contribution in [3.05, 3.63) is 34.5 Å². The van der Waals surface area contributed by atoms with Gasteiger partial charge in [-0.15, -0.1) is 16.7 Å². The quantitative estimate of drug-likeness (QED) is 0.807. The van der Waals surface area contributed by atoms with Crippen molar-refractivity contribution in [1.82, 2.24) is 19.7 Å². The molecule has 0 N–H and O–H groups in total. The van der Waals surface area contributed by atoms with Gasteiger partial charge in [-0.3, -0.25) is 0 Å². The third-order valence-electron chi connectivity index (χ3n) is 3.14. The van der Waals surface area contributed by atoms with Gasteiger partial charge in [0.2, 0.25) is 0 Å². The van der Waals surface area contributed by atoms with Gasteiger partial charge in [0.15, 0.2) is 11.6 Å². The van der Waals surface area contributed by atoms with Crippen LogP contribution in [0.4, 0.5) is 0 Å². The van der Waals surface area contributed by atoms with E-state index < -0.39 is 0 Å². The van der Waals surface area contributed by atoms with Crippen LogP contribution in [0.25, 0.3) is 5.82 Å². The molecule has 2 aromatic heterocycles. The van der Waals surface area contributed by atoms with E-state index in [-0.39, 0.29) is 0 Å². The van der Waals surface area contributed by atoms with Crippen molar-refractivity contribution < 1.29 is 0 Å². The maximum atomic E-state index is 6.07. The second-order valence-electron chi connectivity index (χ2n) is 4.58. The molecule has 2 aromatic rings. The molecule has 0 unspecified atom stereocenters. The molecular formula is C14H19ClN4. The number of alkyl halides is 1. The molecule has 0 bridgehead atoms. The van der Waals surface area contributed by atoms with Crippen molar-refractivity contribution in [1.29, 1.82) is 0 Å². The highest BCUT2D eigenvalue weighted by molar-refractivity contribution is 6.17. The van der Waals surface area contributed by atoms with E-state index in [9.17, 15) is 0 Å². The molecule has 0 aliphatic heterocycles. The van der Waals surface area contributed by atoms with Gasteiger partial charge in [-0.1, -0.05) is 13.8 Å². The number of nitrogens with zero attached hydrogens (tertiary/aromatic N) is 4. The molecule has 102 valence electrons. The highest BCUT2D eigenvalue weighted by Crippen LogP contribution is 2.21. The fraction of sp³-hybridized carbons (Fsp3) is 0.500. The van der Waals surface area contributed by atoms with Crippen molar-refractivity contribution in [3.63, 3.8) is 0 Å². The van der Waals surface area contributed by atoms with Crippen LogP contribution < -0.4 is 0 Å². The number of aromatic nitrogens is 4. The largest absolute Gasteiger partial charge is 0.234 e. The third kappa shape index (κ3) is 2.63. The summed E-state index contributed by atoms with van der Waals surface area (Å²) < 4.78 is 1.84. The second-order valence-corrected chi connectivity index (χ2v) is 4.85. The van der Waals surface area contributed by atoms with E-state index in [1.807, 2.05) is 17.7 Å². The van der Waals surface area contributed by atoms with Gasteiger partial charge < -0.3 is 0 Å². The van der Waals surface area contributed by atoms with Gasteiger partial charge in [-0.05, 0) is 25.5 Å². The number of pyridine rings is 1. The summed E-state index contributed by atoms with van der Waals surface area (Å²) in [6.07, 6.45) is 1.64. The fourth-order valence-electron chi connectivity index (χ4n) is 2.12. The Morgan fingerprint density at radius 3 is 2.47 bits per heavy atom. The van der Waals surface area contributed by atoms with E-state index in [2.05, 4.69) is 35.8 Å². The van der Waals surface area contributed by atoms with Crippen LogP contribution in [-0.4, -0.2) is 19.7 Å². The molecule has 0 amide bonds. The van der Waals surface area contributed by atoms with Gasteiger partial charge in [-0.25, -0.2) is 9.97 Å². The van der Waals surface area contributed by atoms with Gasteiger partial charge in [0.1, 0.15) is 5.82 Å². The first-order chi connectivity index (χ1) is 9.10. The Labute approximate surface area is 118 Å². The summed E-state index contributed by atoms with van der Waals surface area (Å²) in [6, 6.07) is 2.05. The van der Waals surface area contributed by atoms with E-state index in [1.165, 1.54) is 0 Å². The smallest absolute Gasteiger partial charge is 0.160 e. The lowest BCUT2D eigenvalue weighted by atomic mass is 10.1. The number of rotatable bonds is 4. The molecule has 0 radical (unpaired) electrons. The number of hydrogen-bond donors (Lipinski definition) is 0. The Morgan fingerprint density at radius 2 is 1.89 bits per heavy atom. The van der Waals surface area contributed by atoms with E-state index in [0.29, 0.717) is 5.88 Å². The van der Waals surface area contributed by atoms with Gasteiger partial charge in [-0.2, -0.15) is 4.68 Å². The maximum absolute atomic E-state index is 6.07. The lowest BCUT2D eigenvalue weighted by Crippen LogP contribution is -2.10. The first kappa shape index (κ1) is 14.0. The minimum Gasteiger partial charge on any atom is -0.234 e. The van der Waals surface area contributed by atoms with Gasteiger partial charge >= 0.3 is 0 Å². The van der Waals surface area contributed by atoms with E-state index in [0.717, 1.165) is 47.1 Å². The van der Waals surface area contributed by atoms with Crippen LogP contribution in [0.15, 0.2) is 6.07 Å². The average Bonchev–Trinajstić information content (AvgIpc) is 2.81.